The monoisotopic (exact) mass is 267 g/mol. The standard InChI is InChI=1S/C11H13NO3S.C2H6/c1-8-6-7-9-4-2-3-5-10(9)11(8)16(12,13,14)15;1-2/h2-7H,1H3,(H4,12,13,14,15);1-2H3/p-2. The lowest BCUT2D eigenvalue weighted by Crippen LogP contribution is -2.42. The Kier molecular flexibility index (Phi) is 3.92. The Morgan fingerprint density at radius 3 is 2.17 bits per heavy atom. The average molecular weight is 267 g/mol. The summed E-state index contributed by atoms with van der Waals surface area (Å²) in [5.41, 5.74) is 0.364. The number of hydrogen-bond acceptors (Lipinski definition) is 3. The van der Waals surface area contributed by atoms with E-state index in [4.69, 9.17) is 5.14 Å². The third-order valence-electron chi connectivity index (χ3n) is 2.44. The molecule has 0 aromatic heterocycles. The second-order valence-corrected chi connectivity index (χ2v) is 5.92. The van der Waals surface area contributed by atoms with Crippen LogP contribution in [-0.4, -0.2) is 13.3 Å². The van der Waals surface area contributed by atoms with Crippen molar-refractivity contribution in [3.05, 3.63) is 42.0 Å². The lowest BCUT2D eigenvalue weighted by atomic mass is 10.1. The molecule has 5 heteroatoms. The van der Waals surface area contributed by atoms with Crippen LogP contribution in [0.15, 0.2) is 41.3 Å². The first-order valence-corrected chi connectivity index (χ1v) is 7.56. The van der Waals surface area contributed by atoms with E-state index >= 15 is 0 Å². The van der Waals surface area contributed by atoms with Gasteiger partial charge in [0.05, 0.1) is 0 Å². The smallest absolute Gasteiger partial charge is 0.0156 e. The quantitative estimate of drug-likeness (QED) is 0.860. The lowest BCUT2D eigenvalue weighted by molar-refractivity contribution is 0.359. The van der Waals surface area contributed by atoms with E-state index in [1.807, 2.05) is 13.8 Å². The van der Waals surface area contributed by atoms with Gasteiger partial charge in [0.15, 0.2) is 0 Å². The Balaban J connectivity index is 0.000000771. The molecule has 2 aromatic carbocycles. The molecule has 2 rings (SSSR count). The summed E-state index contributed by atoms with van der Waals surface area (Å²) in [5.74, 6) is 0. The van der Waals surface area contributed by atoms with Crippen molar-refractivity contribution in [2.24, 2.45) is 5.14 Å². The number of sulfonamides is 3. The molecule has 100 valence electrons. The fraction of sp³-hybridized carbons (Fsp3) is 0.231. The van der Waals surface area contributed by atoms with Crippen LogP contribution < -0.4 is 5.14 Å². The van der Waals surface area contributed by atoms with Crippen molar-refractivity contribution in [2.75, 3.05) is 0 Å². The van der Waals surface area contributed by atoms with Crippen LogP contribution in [0.1, 0.15) is 19.4 Å². The number of fused-ring (bicyclic) bond motifs is 1. The van der Waals surface area contributed by atoms with E-state index in [1.54, 1.807) is 43.3 Å². The van der Waals surface area contributed by atoms with Crippen molar-refractivity contribution >= 4 is 20.6 Å². The SMILES string of the molecule is CC.Cc1ccc2ccccc2c1S(N)(=O)([O-])[O-]. The first kappa shape index (κ1) is 14.8. The van der Waals surface area contributed by atoms with Gasteiger partial charge in [-0.15, -0.1) is 9.81 Å². The maximum absolute atomic E-state index is 11.5. The predicted octanol–water partition coefficient (Wildman–Crippen LogP) is 2.49. The number of primary sulfonamides is 3. The maximum Gasteiger partial charge on any atom is 0.0156 e. The Hall–Kier alpha value is -1.27. The fourth-order valence-electron chi connectivity index (χ4n) is 1.84. The summed E-state index contributed by atoms with van der Waals surface area (Å²) in [6.07, 6.45) is 0. The zero-order valence-corrected chi connectivity index (χ0v) is 11.5. The second-order valence-electron chi connectivity index (χ2n) is 3.79. The van der Waals surface area contributed by atoms with Crippen molar-refractivity contribution < 1.29 is 13.3 Å². The first-order valence-electron chi connectivity index (χ1n) is 5.68. The summed E-state index contributed by atoms with van der Waals surface area (Å²) in [6.45, 7) is 5.55. The van der Waals surface area contributed by atoms with Gasteiger partial charge in [-0.1, -0.05) is 50.2 Å². The van der Waals surface area contributed by atoms with E-state index in [1.165, 1.54) is 0 Å². The van der Waals surface area contributed by atoms with Crippen LogP contribution in [0.4, 0.5) is 0 Å². The second kappa shape index (κ2) is 4.78. The van der Waals surface area contributed by atoms with Gasteiger partial charge in [-0.25, -0.2) is 0 Å². The minimum atomic E-state index is -5.71. The molecule has 0 atom stereocenters. The molecule has 0 saturated heterocycles. The van der Waals surface area contributed by atoms with Crippen molar-refractivity contribution in [1.29, 1.82) is 0 Å². The van der Waals surface area contributed by atoms with Gasteiger partial charge in [-0.2, -0.15) is 0 Å². The lowest BCUT2D eigenvalue weighted by Gasteiger charge is -2.52. The van der Waals surface area contributed by atoms with Crippen LogP contribution in [0.2, 0.25) is 0 Å². The summed E-state index contributed by atoms with van der Waals surface area (Å²) in [4.78, 5) is -0.324. The molecular weight excluding hydrogens is 250 g/mol. The minimum absolute atomic E-state index is 0.324. The van der Waals surface area contributed by atoms with Gasteiger partial charge in [0.1, 0.15) is 0 Å². The Morgan fingerprint density at radius 2 is 1.61 bits per heavy atom. The molecule has 0 amide bonds. The predicted molar refractivity (Wildman–Crippen MR) is 72.2 cm³/mol. The molecule has 0 aliphatic rings. The molecular formula is C13H17NO3S-2. The molecule has 0 radical (unpaired) electrons. The summed E-state index contributed by atoms with van der Waals surface area (Å²) < 4.78 is 34.5. The molecule has 0 fully saturated rings. The Bertz CT molecular complexity index is 620. The summed E-state index contributed by atoms with van der Waals surface area (Å²) >= 11 is 0. The fourth-order valence-corrected chi connectivity index (χ4v) is 3.07. The Morgan fingerprint density at radius 1 is 1.06 bits per heavy atom. The maximum atomic E-state index is 11.5. The molecule has 0 bridgehead atoms. The normalized spacial score (nSPS) is 13.3. The first-order chi connectivity index (χ1) is 8.26. The summed E-state index contributed by atoms with van der Waals surface area (Å²) in [6, 6.07) is 10.1. The molecule has 0 aliphatic carbocycles. The molecule has 0 unspecified atom stereocenters. The van der Waals surface area contributed by atoms with Gasteiger partial charge >= 0.3 is 0 Å². The zero-order chi connectivity index (χ0) is 14.0. The van der Waals surface area contributed by atoms with Crippen LogP contribution in [0.3, 0.4) is 0 Å². The number of nitrogens with two attached hydrogens (primary N) is 1. The van der Waals surface area contributed by atoms with Crippen LogP contribution in [0.25, 0.3) is 10.8 Å². The number of aryl methyl sites for hydroxylation is 1. The van der Waals surface area contributed by atoms with Gasteiger partial charge in [0.25, 0.3) is 0 Å². The molecule has 0 aliphatic heterocycles. The van der Waals surface area contributed by atoms with Crippen molar-refractivity contribution in [1.82, 2.24) is 0 Å². The highest BCUT2D eigenvalue weighted by Gasteiger charge is 2.14. The van der Waals surface area contributed by atoms with Crippen LogP contribution in [0.5, 0.6) is 0 Å². The van der Waals surface area contributed by atoms with Gasteiger partial charge in [-0.3, -0.25) is 9.35 Å². The highest BCUT2D eigenvalue weighted by atomic mass is 32.3. The van der Waals surface area contributed by atoms with E-state index in [2.05, 4.69) is 0 Å². The van der Waals surface area contributed by atoms with E-state index in [-0.39, 0.29) is 4.90 Å². The van der Waals surface area contributed by atoms with E-state index in [0.717, 1.165) is 0 Å². The third-order valence-corrected chi connectivity index (χ3v) is 3.72. The van der Waals surface area contributed by atoms with Crippen LogP contribution in [-0.2, 0) is 9.81 Å². The van der Waals surface area contributed by atoms with Gasteiger partial charge < -0.3 is 9.11 Å². The van der Waals surface area contributed by atoms with Gasteiger partial charge in [0.2, 0.25) is 0 Å². The molecule has 0 saturated carbocycles. The van der Waals surface area contributed by atoms with E-state index < -0.39 is 9.81 Å². The van der Waals surface area contributed by atoms with Gasteiger partial charge in [-0.05, 0) is 23.3 Å². The average Bonchev–Trinajstić information content (AvgIpc) is 2.28. The number of benzene rings is 2. The van der Waals surface area contributed by atoms with E-state index in [9.17, 15) is 13.3 Å². The molecule has 4 nitrogen and oxygen atoms in total. The van der Waals surface area contributed by atoms with E-state index in [0.29, 0.717) is 16.3 Å². The number of rotatable bonds is 1. The molecule has 18 heavy (non-hydrogen) atoms. The van der Waals surface area contributed by atoms with Crippen LogP contribution >= 0.6 is 0 Å². The minimum Gasteiger partial charge on any atom is -0.785 e. The van der Waals surface area contributed by atoms with Crippen molar-refractivity contribution in [3.8, 4) is 0 Å². The molecule has 0 heterocycles. The van der Waals surface area contributed by atoms with Crippen LogP contribution in [0, 0.1) is 6.92 Å². The van der Waals surface area contributed by atoms with Gasteiger partial charge in [0, 0.05) is 4.90 Å². The number of hydrogen-bond donors (Lipinski definition) is 1. The highest BCUT2D eigenvalue weighted by Crippen LogP contribution is 2.32. The van der Waals surface area contributed by atoms with Crippen molar-refractivity contribution in [2.45, 2.75) is 25.7 Å². The molecule has 2 N–H and O–H groups in total. The van der Waals surface area contributed by atoms with Crippen molar-refractivity contribution in [3.63, 3.8) is 0 Å². The third kappa shape index (κ3) is 2.94. The largest absolute Gasteiger partial charge is 0.785 e. The zero-order valence-electron chi connectivity index (χ0n) is 10.7. The topological polar surface area (TPSA) is 89.2 Å². The Labute approximate surface area is 107 Å². The summed E-state index contributed by atoms with van der Waals surface area (Å²) in [5, 5.41) is 5.96. The highest BCUT2D eigenvalue weighted by molar-refractivity contribution is 8.08. The molecule has 0 spiro atoms. The summed E-state index contributed by atoms with van der Waals surface area (Å²) in [7, 11) is -5.71. The molecule has 2 aromatic rings.